The van der Waals surface area contributed by atoms with Crippen molar-refractivity contribution in [1.29, 1.82) is 0 Å². The first kappa shape index (κ1) is 12.6. The Morgan fingerprint density at radius 2 is 2.28 bits per heavy atom. The number of pyridine rings is 1. The van der Waals surface area contributed by atoms with E-state index < -0.39 is 0 Å². The monoisotopic (exact) mass is 263 g/mol. The number of allylic oxidation sites excluding steroid dienone is 1. The van der Waals surface area contributed by atoms with Crippen molar-refractivity contribution in [2.75, 3.05) is 12.4 Å². The van der Waals surface area contributed by atoms with Gasteiger partial charge in [-0.3, -0.25) is 0 Å². The minimum Gasteiger partial charge on any atom is -0.387 e. The molecule has 0 saturated carbocycles. The molecule has 0 aliphatic heterocycles. The zero-order valence-corrected chi connectivity index (χ0v) is 11.1. The van der Waals surface area contributed by atoms with Crippen LogP contribution in [0.25, 0.3) is 11.4 Å². The molecule has 94 valence electrons. The number of nitrogens with one attached hydrogen (secondary N) is 1. The molecule has 1 N–H and O–H groups in total. The smallest absolute Gasteiger partial charge is 0.193 e. The van der Waals surface area contributed by atoms with Crippen molar-refractivity contribution in [2.24, 2.45) is 0 Å². The van der Waals surface area contributed by atoms with Gasteiger partial charge in [0, 0.05) is 7.05 Å². The first-order valence-corrected chi connectivity index (χ1v) is 5.97. The average Bonchev–Trinajstić information content (AvgIpc) is 2.87. The maximum atomic E-state index is 6.14. The van der Waals surface area contributed by atoms with Crippen LogP contribution in [0, 0.1) is 0 Å². The van der Waals surface area contributed by atoms with Crippen LogP contribution in [-0.2, 0) is 0 Å². The lowest BCUT2D eigenvalue weighted by Gasteiger charge is -2.04. The number of anilines is 1. The summed E-state index contributed by atoms with van der Waals surface area (Å²) in [6.45, 7) is 5.94. The molecule has 0 radical (unpaired) electrons. The number of hydrogen-bond donors (Lipinski definition) is 1. The molecule has 2 heterocycles. The van der Waals surface area contributed by atoms with Crippen LogP contribution in [-0.4, -0.2) is 27.0 Å². The van der Waals surface area contributed by atoms with Crippen molar-refractivity contribution in [1.82, 2.24) is 20.0 Å². The van der Waals surface area contributed by atoms with Gasteiger partial charge < -0.3 is 5.32 Å². The molecule has 0 saturated heterocycles. The van der Waals surface area contributed by atoms with Crippen LogP contribution in [0.4, 0.5) is 5.69 Å². The van der Waals surface area contributed by atoms with Gasteiger partial charge in [0.2, 0.25) is 0 Å². The van der Waals surface area contributed by atoms with Crippen LogP contribution in [0.3, 0.4) is 0 Å². The summed E-state index contributed by atoms with van der Waals surface area (Å²) >= 11 is 6.14. The maximum absolute atomic E-state index is 6.14. The fraction of sp³-hybridized carbons (Fsp3) is 0.250. The van der Waals surface area contributed by atoms with E-state index in [1.54, 1.807) is 18.5 Å². The van der Waals surface area contributed by atoms with Gasteiger partial charge in [0.1, 0.15) is 5.69 Å². The van der Waals surface area contributed by atoms with E-state index >= 15 is 0 Å². The number of hydrogen-bond acceptors (Lipinski definition) is 4. The minimum absolute atomic E-state index is 0.492. The van der Waals surface area contributed by atoms with Crippen LogP contribution in [0.15, 0.2) is 25.0 Å². The molecule has 0 atom stereocenters. The molecule has 0 spiro atoms. The fourth-order valence-corrected chi connectivity index (χ4v) is 1.66. The largest absolute Gasteiger partial charge is 0.387 e. The summed E-state index contributed by atoms with van der Waals surface area (Å²) in [6, 6.07) is 1.78. The maximum Gasteiger partial charge on any atom is 0.193 e. The molecule has 0 aliphatic carbocycles. The summed E-state index contributed by atoms with van der Waals surface area (Å²) in [5.74, 6) is 0.505. The van der Waals surface area contributed by atoms with E-state index in [-0.39, 0.29) is 0 Å². The van der Waals surface area contributed by atoms with Gasteiger partial charge in [-0.25, -0.2) is 4.98 Å². The quantitative estimate of drug-likeness (QED) is 0.922. The van der Waals surface area contributed by atoms with Gasteiger partial charge in [0.25, 0.3) is 0 Å². The zero-order valence-electron chi connectivity index (χ0n) is 10.3. The second kappa shape index (κ2) is 5.18. The first-order valence-electron chi connectivity index (χ1n) is 5.60. The molecule has 6 heteroatoms. The topological polar surface area (TPSA) is 55.6 Å². The summed E-state index contributed by atoms with van der Waals surface area (Å²) in [5.41, 5.74) is 2.53. The van der Waals surface area contributed by atoms with E-state index in [0.717, 1.165) is 23.4 Å². The lowest BCUT2D eigenvalue weighted by atomic mass is 10.2. The zero-order chi connectivity index (χ0) is 13.1. The molecule has 0 aliphatic rings. The number of halogens is 1. The highest BCUT2D eigenvalue weighted by atomic mass is 35.5. The van der Waals surface area contributed by atoms with Crippen LogP contribution in [0.2, 0.25) is 5.02 Å². The minimum atomic E-state index is 0.492. The molecule has 0 unspecified atom stereocenters. The van der Waals surface area contributed by atoms with E-state index in [1.807, 2.05) is 14.0 Å². The highest BCUT2D eigenvalue weighted by Crippen LogP contribution is 2.21. The Balaban J connectivity index is 2.37. The van der Waals surface area contributed by atoms with Crippen molar-refractivity contribution in [3.63, 3.8) is 0 Å². The highest BCUT2D eigenvalue weighted by molar-refractivity contribution is 6.32. The van der Waals surface area contributed by atoms with Gasteiger partial charge in [0.15, 0.2) is 5.82 Å². The van der Waals surface area contributed by atoms with Crippen molar-refractivity contribution >= 4 is 22.9 Å². The third kappa shape index (κ3) is 2.36. The van der Waals surface area contributed by atoms with Gasteiger partial charge in [-0.05, 0) is 18.1 Å². The molecule has 18 heavy (non-hydrogen) atoms. The van der Waals surface area contributed by atoms with E-state index in [9.17, 15) is 0 Å². The fourth-order valence-electron chi connectivity index (χ4n) is 1.42. The molecular formula is C12H14ClN5. The Hall–Kier alpha value is -1.88. The molecule has 2 aromatic rings. The Labute approximate surface area is 110 Å². The van der Waals surface area contributed by atoms with E-state index in [4.69, 9.17) is 11.6 Å². The van der Waals surface area contributed by atoms with Gasteiger partial charge in [-0.15, -0.1) is 9.90 Å². The normalized spacial score (nSPS) is 10.4. The van der Waals surface area contributed by atoms with Gasteiger partial charge in [-0.1, -0.05) is 25.1 Å². The van der Waals surface area contributed by atoms with Gasteiger partial charge in [0.05, 0.1) is 23.1 Å². The second-order valence-electron chi connectivity index (χ2n) is 3.76. The molecular weight excluding hydrogens is 250 g/mol. The highest BCUT2D eigenvalue weighted by Gasteiger charge is 2.10. The Kier molecular flexibility index (Phi) is 3.62. The van der Waals surface area contributed by atoms with Crippen molar-refractivity contribution in [3.8, 4) is 5.82 Å². The Morgan fingerprint density at radius 1 is 1.50 bits per heavy atom. The predicted octanol–water partition coefficient (Wildman–Crippen LogP) is 2.78. The third-order valence-electron chi connectivity index (χ3n) is 2.58. The van der Waals surface area contributed by atoms with Gasteiger partial charge in [-0.2, -0.15) is 5.10 Å². The lowest BCUT2D eigenvalue weighted by Crippen LogP contribution is -2.03. The summed E-state index contributed by atoms with van der Waals surface area (Å²) < 4.78 is 0. The van der Waals surface area contributed by atoms with Crippen molar-refractivity contribution < 1.29 is 0 Å². The summed E-state index contributed by atoms with van der Waals surface area (Å²) in [4.78, 5) is 5.65. The molecule has 2 rings (SSSR count). The third-order valence-corrected chi connectivity index (χ3v) is 2.86. The van der Waals surface area contributed by atoms with Crippen LogP contribution in [0.1, 0.15) is 19.0 Å². The summed E-state index contributed by atoms with van der Waals surface area (Å²) in [5, 5.41) is 11.9. The van der Waals surface area contributed by atoms with E-state index in [1.165, 1.54) is 4.80 Å². The SMILES string of the molecule is C=C(CC)c1cnn(-c2ncc(NC)cc2Cl)n1. The molecule has 0 bridgehead atoms. The molecule has 2 aromatic heterocycles. The number of rotatable bonds is 4. The Bertz CT molecular complexity index is 576. The molecule has 0 fully saturated rings. The van der Waals surface area contributed by atoms with Crippen LogP contribution >= 0.6 is 11.6 Å². The second-order valence-corrected chi connectivity index (χ2v) is 4.16. The average molecular weight is 264 g/mol. The predicted molar refractivity (Wildman–Crippen MR) is 73.0 cm³/mol. The molecule has 0 amide bonds. The van der Waals surface area contributed by atoms with Crippen LogP contribution < -0.4 is 5.32 Å². The van der Waals surface area contributed by atoms with E-state index in [0.29, 0.717) is 10.8 Å². The van der Waals surface area contributed by atoms with Crippen LogP contribution in [0.5, 0.6) is 0 Å². The summed E-state index contributed by atoms with van der Waals surface area (Å²) in [6.07, 6.45) is 4.17. The first-order chi connectivity index (χ1) is 8.65. The van der Waals surface area contributed by atoms with Gasteiger partial charge >= 0.3 is 0 Å². The number of nitrogens with zero attached hydrogens (tertiary/aromatic N) is 4. The Morgan fingerprint density at radius 3 is 2.89 bits per heavy atom. The van der Waals surface area contributed by atoms with Crippen molar-refractivity contribution in [2.45, 2.75) is 13.3 Å². The number of aromatic nitrogens is 4. The standard InChI is InChI=1S/C12H14ClN5/c1-4-8(2)11-7-16-18(17-11)12-10(13)5-9(14-3)6-15-12/h5-7,14H,2,4H2,1,3H3. The molecule has 5 nitrogen and oxygen atoms in total. The summed E-state index contributed by atoms with van der Waals surface area (Å²) in [7, 11) is 1.81. The van der Waals surface area contributed by atoms with Crippen molar-refractivity contribution in [3.05, 3.63) is 35.8 Å². The lowest BCUT2D eigenvalue weighted by molar-refractivity contribution is 0.727. The van der Waals surface area contributed by atoms with E-state index in [2.05, 4.69) is 27.1 Å². The molecule has 0 aromatic carbocycles.